The standard InChI is InChI=1S/C10H8Cl2O/c1-7-2-3-8(9(11)6-7)4-5-10(12)13/h2-6H,1H3/b5-4+. The van der Waals surface area contributed by atoms with Crippen molar-refractivity contribution < 1.29 is 4.79 Å². The van der Waals surface area contributed by atoms with Crippen LogP contribution in [0.3, 0.4) is 0 Å². The number of benzene rings is 1. The van der Waals surface area contributed by atoms with Gasteiger partial charge in [0.15, 0.2) is 0 Å². The summed E-state index contributed by atoms with van der Waals surface area (Å²) >= 11 is 11.0. The Morgan fingerprint density at radius 3 is 2.69 bits per heavy atom. The Kier molecular flexibility index (Phi) is 3.52. The molecule has 0 saturated heterocycles. The number of hydrogen-bond acceptors (Lipinski definition) is 1. The van der Waals surface area contributed by atoms with Gasteiger partial charge in [0.1, 0.15) is 0 Å². The fourth-order valence-corrected chi connectivity index (χ4v) is 1.28. The molecular weight excluding hydrogens is 207 g/mol. The summed E-state index contributed by atoms with van der Waals surface area (Å²) in [5, 5.41) is 0.116. The normalized spacial score (nSPS) is 10.7. The van der Waals surface area contributed by atoms with Crippen LogP contribution in [0.1, 0.15) is 11.1 Å². The zero-order valence-corrected chi connectivity index (χ0v) is 8.56. The summed E-state index contributed by atoms with van der Waals surface area (Å²) in [6, 6.07) is 5.60. The van der Waals surface area contributed by atoms with E-state index in [1.165, 1.54) is 6.08 Å². The molecule has 0 spiro atoms. The van der Waals surface area contributed by atoms with Gasteiger partial charge in [0.05, 0.1) is 0 Å². The summed E-state index contributed by atoms with van der Waals surface area (Å²) in [7, 11) is 0. The van der Waals surface area contributed by atoms with Gasteiger partial charge in [0.2, 0.25) is 5.24 Å². The first-order chi connectivity index (χ1) is 6.09. The lowest BCUT2D eigenvalue weighted by Crippen LogP contribution is -1.79. The molecule has 1 aromatic rings. The van der Waals surface area contributed by atoms with Gasteiger partial charge in [-0.3, -0.25) is 4.79 Å². The Bertz CT molecular complexity index is 356. The second kappa shape index (κ2) is 4.45. The molecule has 1 rings (SSSR count). The summed E-state index contributed by atoms with van der Waals surface area (Å²) in [6.07, 6.45) is 2.87. The first kappa shape index (κ1) is 10.3. The molecule has 0 fully saturated rings. The maximum atomic E-state index is 10.4. The minimum Gasteiger partial charge on any atom is -0.276 e. The minimum atomic E-state index is -0.503. The van der Waals surface area contributed by atoms with E-state index < -0.39 is 5.24 Å². The summed E-state index contributed by atoms with van der Waals surface area (Å²) in [5.74, 6) is 0. The summed E-state index contributed by atoms with van der Waals surface area (Å²) < 4.78 is 0. The molecule has 1 aromatic carbocycles. The van der Waals surface area contributed by atoms with E-state index >= 15 is 0 Å². The Hall–Kier alpha value is -0.790. The van der Waals surface area contributed by atoms with Crippen LogP contribution in [0, 0.1) is 6.92 Å². The highest BCUT2D eigenvalue weighted by Crippen LogP contribution is 2.18. The maximum absolute atomic E-state index is 10.4. The Balaban J connectivity index is 2.96. The second-order valence-corrected chi connectivity index (χ2v) is 3.44. The van der Waals surface area contributed by atoms with Crippen LogP contribution in [-0.4, -0.2) is 5.24 Å². The first-order valence-electron chi connectivity index (χ1n) is 3.73. The third-order valence-electron chi connectivity index (χ3n) is 1.55. The largest absolute Gasteiger partial charge is 0.276 e. The van der Waals surface area contributed by atoms with Crippen molar-refractivity contribution in [1.29, 1.82) is 0 Å². The molecular formula is C10H8Cl2O. The molecule has 0 radical (unpaired) electrons. The van der Waals surface area contributed by atoms with Crippen molar-refractivity contribution in [2.75, 3.05) is 0 Å². The molecule has 13 heavy (non-hydrogen) atoms. The van der Waals surface area contributed by atoms with Crippen LogP contribution in [-0.2, 0) is 4.79 Å². The molecule has 0 aliphatic rings. The predicted octanol–water partition coefficient (Wildman–Crippen LogP) is 3.43. The third-order valence-corrected chi connectivity index (χ3v) is 2.00. The van der Waals surface area contributed by atoms with Crippen LogP contribution in [0.4, 0.5) is 0 Å². The maximum Gasteiger partial charge on any atom is 0.245 e. The van der Waals surface area contributed by atoms with Crippen molar-refractivity contribution in [2.45, 2.75) is 6.92 Å². The highest BCUT2D eigenvalue weighted by Gasteiger charge is 1.96. The van der Waals surface area contributed by atoms with Crippen molar-refractivity contribution in [3.8, 4) is 0 Å². The Labute approximate surface area is 87.0 Å². The van der Waals surface area contributed by atoms with Gasteiger partial charge in [-0.1, -0.05) is 23.7 Å². The first-order valence-corrected chi connectivity index (χ1v) is 4.49. The van der Waals surface area contributed by atoms with Gasteiger partial charge in [-0.05, 0) is 47.9 Å². The van der Waals surface area contributed by atoms with Crippen molar-refractivity contribution in [3.63, 3.8) is 0 Å². The average Bonchev–Trinajstić information content (AvgIpc) is 2.02. The SMILES string of the molecule is Cc1ccc(/C=C/C(=O)Cl)c(Cl)c1. The molecule has 0 aliphatic heterocycles. The number of aryl methyl sites for hydroxylation is 1. The smallest absolute Gasteiger partial charge is 0.245 e. The molecule has 0 amide bonds. The van der Waals surface area contributed by atoms with Crippen LogP contribution in [0.25, 0.3) is 6.08 Å². The molecule has 0 bridgehead atoms. The van der Waals surface area contributed by atoms with Crippen LogP contribution in [0.2, 0.25) is 5.02 Å². The van der Waals surface area contributed by atoms with E-state index in [1.54, 1.807) is 6.08 Å². The van der Waals surface area contributed by atoms with E-state index in [4.69, 9.17) is 23.2 Å². The van der Waals surface area contributed by atoms with Gasteiger partial charge in [0, 0.05) is 5.02 Å². The lowest BCUT2D eigenvalue weighted by Gasteiger charge is -1.98. The third kappa shape index (κ3) is 3.21. The van der Waals surface area contributed by atoms with Crippen molar-refractivity contribution in [1.82, 2.24) is 0 Å². The van der Waals surface area contributed by atoms with E-state index in [9.17, 15) is 4.79 Å². The van der Waals surface area contributed by atoms with E-state index in [1.807, 2.05) is 25.1 Å². The van der Waals surface area contributed by atoms with Crippen LogP contribution in [0.5, 0.6) is 0 Å². The van der Waals surface area contributed by atoms with E-state index in [0.717, 1.165) is 11.1 Å². The minimum absolute atomic E-state index is 0.503. The predicted molar refractivity (Wildman–Crippen MR) is 56.1 cm³/mol. The van der Waals surface area contributed by atoms with E-state index in [-0.39, 0.29) is 0 Å². The molecule has 0 saturated carbocycles. The fourth-order valence-electron chi connectivity index (χ4n) is 0.923. The Morgan fingerprint density at radius 2 is 2.15 bits per heavy atom. The number of halogens is 2. The quantitative estimate of drug-likeness (QED) is 0.545. The number of allylic oxidation sites excluding steroid dienone is 1. The van der Waals surface area contributed by atoms with E-state index in [2.05, 4.69) is 0 Å². The van der Waals surface area contributed by atoms with Crippen LogP contribution in [0.15, 0.2) is 24.3 Å². The number of carbonyl (C=O) groups is 1. The number of rotatable bonds is 2. The van der Waals surface area contributed by atoms with Gasteiger partial charge < -0.3 is 0 Å². The topological polar surface area (TPSA) is 17.1 Å². The van der Waals surface area contributed by atoms with Crippen molar-refractivity contribution in [2.24, 2.45) is 0 Å². The molecule has 0 aliphatic carbocycles. The zero-order chi connectivity index (χ0) is 9.84. The highest BCUT2D eigenvalue weighted by molar-refractivity contribution is 6.66. The van der Waals surface area contributed by atoms with Gasteiger partial charge in [0.25, 0.3) is 0 Å². The van der Waals surface area contributed by atoms with Gasteiger partial charge in [-0.15, -0.1) is 0 Å². The lowest BCUT2D eigenvalue weighted by molar-refractivity contribution is -0.107. The molecule has 0 N–H and O–H groups in total. The molecule has 0 heterocycles. The monoisotopic (exact) mass is 214 g/mol. The van der Waals surface area contributed by atoms with Crippen molar-refractivity contribution in [3.05, 3.63) is 40.4 Å². The molecule has 0 unspecified atom stereocenters. The van der Waals surface area contributed by atoms with E-state index in [0.29, 0.717) is 5.02 Å². The highest BCUT2D eigenvalue weighted by atomic mass is 35.5. The molecule has 68 valence electrons. The molecule has 0 atom stereocenters. The average molecular weight is 215 g/mol. The number of hydrogen-bond donors (Lipinski definition) is 0. The molecule has 3 heteroatoms. The number of carbonyl (C=O) groups excluding carboxylic acids is 1. The molecule has 1 nitrogen and oxygen atoms in total. The van der Waals surface area contributed by atoms with Gasteiger partial charge in [-0.25, -0.2) is 0 Å². The van der Waals surface area contributed by atoms with Gasteiger partial charge in [-0.2, -0.15) is 0 Å². The Morgan fingerprint density at radius 1 is 1.46 bits per heavy atom. The lowest BCUT2D eigenvalue weighted by atomic mass is 10.1. The van der Waals surface area contributed by atoms with Crippen molar-refractivity contribution >= 4 is 34.5 Å². The fraction of sp³-hybridized carbons (Fsp3) is 0.100. The molecule has 0 aromatic heterocycles. The second-order valence-electron chi connectivity index (χ2n) is 2.66. The summed E-state index contributed by atoms with van der Waals surface area (Å²) in [5.41, 5.74) is 1.88. The zero-order valence-electron chi connectivity index (χ0n) is 7.05. The van der Waals surface area contributed by atoms with Crippen LogP contribution < -0.4 is 0 Å². The van der Waals surface area contributed by atoms with Gasteiger partial charge >= 0.3 is 0 Å². The summed E-state index contributed by atoms with van der Waals surface area (Å²) in [4.78, 5) is 10.4. The summed E-state index contributed by atoms with van der Waals surface area (Å²) in [6.45, 7) is 1.95. The van der Waals surface area contributed by atoms with Crippen LogP contribution >= 0.6 is 23.2 Å².